The second-order valence-electron chi connectivity index (χ2n) is 6.18. The van der Waals surface area contributed by atoms with Crippen molar-refractivity contribution in [1.82, 2.24) is 0 Å². The molecule has 1 atom stereocenters. The van der Waals surface area contributed by atoms with Crippen LogP contribution in [-0.4, -0.2) is 20.4 Å². The van der Waals surface area contributed by atoms with E-state index < -0.39 is 10.0 Å². The number of fused-ring (bicyclic) bond motifs is 1. The maximum absolute atomic E-state index is 12.6. The van der Waals surface area contributed by atoms with Crippen LogP contribution in [0.15, 0.2) is 47.4 Å². The van der Waals surface area contributed by atoms with Crippen molar-refractivity contribution in [2.75, 3.05) is 15.4 Å². The highest BCUT2D eigenvalue weighted by molar-refractivity contribution is 7.92. The van der Waals surface area contributed by atoms with Crippen LogP contribution in [0.3, 0.4) is 0 Å². The molecule has 0 aromatic heterocycles. The van der Waals surface area contributed by atoms with Crippen molar-refractivity contribution in [3.63, 3.8) is 0 Å². The van der Waals surface area contributed by atoms with Crippen molar-refractivity contribution >= 4 is 33.0 Å². The zero-order valence-electron chi connectivity index (χ0n) is 14.2. The summed E-state index contributed by atoms with van der Waals surface area (Å²) in [5.74, 6) is -0.123. The molecule has 0 aliphatic carbocycles. The summed E-state index contributed by atoms with van der Waals surface area (Å²) in [6, 6.07) is 12.1. The molecule has 1 unspecified atom stereocenters. The molecule has 0 radical (unpaired) electrons. The summed E-state index contributed by atoms with van der Waals surface area (Å²) < 4.78 is 27.7. The van der Waals surface area contributed by atoms with Gasteiger partial charge in [-0.05, 0) is 61.4 Å². The lowest BCUT2D eigenvalue weighted by molar-refractivity contribution is -0.115. The minimum absolute atomic E-state index is 0.123. The summed E-state index contributed by atoms with van der Waals surface area (Å²) in [6.07, 6.45) is 1.21. The molecule has 2 aromatic carbocycles. The van der Waals surface area contributed by atoms with Gasteiger partial charge in [0, 0.05) is 23.1 Å². The molecule has 0 saturated carbocycles. The van der Waals surface area contributed by atoms with Crippen LogP contribution in [0.2, 0.25) is 0 Å². The van der Waals surface area contributed by atoms with Crippen LogP contribution in [0.1, 0.15) is 25.8 Å². The molecule has 25 heavy (non-hydrogen) atoms. The highest BCUT2D eigenvalue weighted by Crippen LogP contribution is 2.27. The van der Waals surface area contributed by atoms with Gasteiger partial charge in [0.25, 0.3) is 10.0 Å². The van der Waals surface area contributed by atoms with Crippen molar-refractivity contribution in [3.8, 4) is 0 Å². The quantitative estimate of drug-likeness (QED) is 0.739. The number of benzene rings is 2. The SMILES string of the molecule is CCC(C)Nc1ccc(NS(=O)(=O)c2ccc3c(c2)CC(=O)N3)cc1. The van der Waals surface area contributed by atoms with E-state index in [0.29, 0.717) is 23.0 Å². The summed E-state index contributed by atoms with van der Waals surface area (Å²) in [6.45, 7) is 4.18. The molecule has 1 aliphatic rings. The molecule has 0 saturated heterocycles. The van der Waals surface area contributed by atoms with Gasteiger partial charge in [0.15, 0.2) is 0 Å². The van der Waals surface area contributed by atoms with Crippen LogP contribution in [0.4, 0.5) is 17.1 Å². The smallest absolute Gasteiger partial charge is 0.261 e. The molecule has 1 aliphatic heterocycles. The van der Waals surface area contributed by atoms with Gasteiger partial charge in [0.05, 0.1) is 11.3 Å². The van der Waals surface area contributed by atoms with E-state index in [1.165, 1.54) is 12.1 Å². The molecule has 7 heteroatoms. The second-order valence-corrected chi connectivity index (χ2v) is 7.86. The minimum Gasteiger partial charge on any atom is -0.383 e. The third-order valence-corrected chi connectivity index (χ3v) is 5.55. The minimum atomic E-state index is -3.70. The molecule has 1 amide bonds. The lowest BCUT2D eigenvalue weighted by Gasteiger charge is -2.14. The molecule has 6 nitrogen and oxygen atoms in total. The summed E-state index contributed by atoms with van der Waals surface area (Å²) >= 11 is 0. The number of sulfonamides is 1. The highest BCUT2D eigenvalue weighted by atomic mass is 32.2. The summed E-state index contributed by atoms with van der Waals surface area (Å²) in [5, 5.41) is 6.02. The van der Waals surface area contributed by atoms with Crippen LogP contribution < -0.4 is 15.4 Å². The Bertz CT molecular complexity index is 892. The monoisotopic (exact) mass is 359 g/mol. The first kappa shape index (κ1) is 17.3. The zero-order chi connectivity index (χ0) is 18.0. The molecule has 3 N–H and O–H groups in total. The first-order valence-corrected chi connectivity index (χ1v) is 9.68. The van der Waals surface area contributed by atoms with Crippen molar-refractivity contribution in [3.05, 3.63) is 48.0 Å². The van der Waals surface area contributed by atoms with Gasteiger partial charge < -0.3 is 10.6 Å². The molecule has 0 spiro atoms. The average molecular weight is 359 g/mol. The first-order valence-electron chi connectivity index (χ1n) is 8.19. The van der Waals surface area contributed by atoms with Crippen LogP contribution in [0, 0.1) is 0 Å². The number of hydrogen-bond donors (Lipinski definition) is 3. The van der Waals surface area contributed by atoms with Gasteiger partial charge in [-0.25, -0.2) is 8.42 Å². The van der Waals surface area contributed by atoms with E-state index in [-0.39, 0.29) is 17.2 Å². The summed E-state index contributed by atoms with van der Waals surface area (Å²) in [4.78, 5) is 11.5. The zero-order valence-corrected chi connectivity index (χ0v) is 15.0. The van der Waals surface area contributed by atoms with Gasteiger partial charge in [0.1, 0.15) is 0 Å². The molecular formula is C18H21N3O3S. The largest absolute Gasteiger partial charge is 0.383 e. The van der Waals surface area contributed by atoms with E-state index >= 15 is 0 Å². The molecule has 0 bridgehead atoms. The fraction of sp³-hybridized carbons (Fsp3) is 0.278. The van der Waals surface area contributed by atoms with E-state index in [2.05, 4.69) is 29.2 Å². The van der Waals surface area contributed by atoms with Crippen LogP contribution >= 0.6 is 0 Å². The van der Waals surface area contributed by atoms with Gasteiger partial charge in [-0.15, -0.1) is 0 Å². The Kier molecular flexibility index (Phi) is 4.67. The summed E-state index contributed by atoms with van der Waals surface area (Å²) in [5.41, 5.74) is 2.80. The highest BCUT2D eigenvalue weighted by Gasteiger charge is 2.21. The van der Waals surface area contributed by atoms with Gasteiger partial charge in [-0.3, -0.25) is 9.52 Å². The number of nitrogens with one attached hydrogen (secondary N) is 3. The Morgan fingerprint density at radius 2 is 1.80 bits per heavy atom. The molecular weight excluding hydrogens is 338 g/mol. The Labute approximate surface area is 147 Å². The van der Waals surface area contributed by atoms with Gasteiger partial charge in [0.2, 0.25) is 5.91 Å². The van der Waals surface area contributed by atoms with Crippen molar-refractivity contribution in [2.45, 2.75) is 37.6 Å². The topological polar surface area (TPSA) is 87.3 Å². The van der Waals surface area contributed by atoms with Gasteiger partial charge in [-0.2, -0.15) is 0 Å². The number of amides is 1. The Hall–Kier alpha value is -2.54. The van der Waals surface area contributed by atoms with Gasteiger partial charge in [-0.1, -0.05) is 6.92 Å². The number of carbonyl (C=O) groups excluding carboxylic acids is 1. The van der Waals surface area contributed by atoms with Crippen molar-refractivity contribution in [1.29, 1.82) is 0 Å². The van der Waals surface area contributed by atoms with E-state index in [1.807, 2.05) is 12.1 Å². The fourth-order valence-corrected chi connectivity index (χ4v) is 3.72. The molecule has 132 valence electrons. The third-order valence-electron chi connectivity index (χ3n) is 4.17. The molecule has 0 fully saturated rings. The predicted octanol–water partition coefficient (Wildman–Crippen LogP) is 3.19. The Balaban J connectivity index is 1.76. The molecule has 3 rings (SSSR count). The number of anilines is 3. The van der Waals surface area contributed by atoms with E-state index in [4.69, 9.17) is 0 Å². The third kappa shape index (κ3) is 3.93. The van der Waals surface area contributed by atoms with E-state index in [0.717, 1.165) is 12.1 Å². The van der Waals surface area contributed by atoms with Crippen LogP contribution in [0.5, 0.6) is 0 Å². The summed E-state index contributed by atoms with van der Waals surface area (Å²) in [7, 11) is -3.70. The maximum atomic E-state index is 12.6. The second kappa shape index (κ2) is 6.76. The number of carbonyl (C=O) groups is 1. The first-order chi connectivity index (χ1) is 11.9. The van der Waals surface area contributed by atoms with Crippen LogP contribution in [-0.2, 0) is 21.2 Å². The Morgan fingerprint density at radius 3 is 2.48 bits per heavy atom. The fourth-order valence-electron chi connectivity index (χ4n) is 2.61. The normalized spacial score (nSPS) is 14.6. The van der Waals surface area contributed by atoms with E-state index in [1.54, 1.807) is 18.2 Å². The molecule has 2 aromatic rings. The van der Waals surface area contributed by atoms with Crippen molar-refractivity contribution < 1.29 is 13.2 Å². The lowest BCUT2D eigenvalue weighted by Crippen LogP contribution is -2.14. The van der Waals surface area contributed by atoms with Crippen LogP contribution in [0.25, 0.3) is 0 Å². The molecule has 1 heterocycles. The maximum Gasteiger partial charge on any atom is 0.261 e. The van der Waals surface area contributed by atoms with Gasteiger partial charge >= 0.3 is 0 Å². The number of rotatable bonds is 6. The predicted molar refractivity (Wildman–Crippen MR) is 99.4 cm³/mol. The Morgan fingerprint density at radius 1 is 1.12 bits per heavy atom. The van der Waals surface area contributed by atoms with Crippen molar-refractivity contribution in [2.24, 2.45) is 0 Å². The number of hydrogen-bond acceptors (Lipinski definition) is 4. The van der Waals surface area contributed by atoms with E-state index in [9.17, 15) is 13.2 Å². The lowest BCUT2D eigenvalue weighted by atomic mass is 10.2. The standard InChI is InChI=1S/C18H21N3O3S/c1-3-12(2)19-14-4-6-15(7-5-14)21-25(23,24)16-8-9-17-13(10-16)11-18(22)20-17/h4-10,12,19,21H,3,11H2,1-2H3,(H,20,22). The average Bonchev–Trinajstić information content (AvgIpc) is 2.95.